The van der Waals surface area contributed by atoms with Gasteiger partial charge >= 0.3 is 0 Å². The molecule has 0 unspecified atom stereocenters. The van der Waals surface area contributed by atoms with Crippen LogP contribution in [0.2, 0.25) is 0 Å². The molecule has 1 aromatic heterocycles. The number of carbonyl (C=O) groups is 1. The van der Waals surface area contributed by atoms with Crippen molar-refractivity contribution in [1.29, 1.82) is 0 Å². The van der Waals surface area contributed by atoms with E-state index in [9.17, 15) is 4.79 Å². The summed E-state index contributed by atoms with van der Waals surface area (Å²) in [4.78, 5) is 12.0. The van der Waals surface area contributed by atoms with E-state index in [2.05, 4.69) is 15.9 Å². The van der Waals surface area contributed by atoms with E-state index in [1.165, 1.54) is 6.26 Å². The molecular formula is C12H9BrO3. The Hall–Kier alpha value is -1.55. The molecule has 3 nitrogen and oxygen atoms in total. The van der Waals surface area contributed by atoms with E-state index in [1.54, 1.807) is 37.4 Å². The Bertz CT molecular complexity index is 499. The molecule has 2 rings (SSSR count). The van der Waals surface area contributed by atoms with Gasteiger partial charge in [0.2, 0.25) is 0 Å². The lowest BCUT2D eigenvalue weighted by molar-refractivity contribution is 0.103. The van der Waals surface area contributed by atoms with E-state index in [0.29, 0.717) is 15.8 Å². The lowest BCUT2D eigenvalue weighted by Gasteiger charge is -2.01. The summed E-state index contributed by atoms with van der Waals surface area (Å²) < 4.78 is 10.5. The molecule has 0 bridgehead atoms. The first-order chi connectivity index (χ1) is 7.72. The second-order valence-corrected chi connectivity index (χ2v) is 3.89. The molecule has 0 aliphatic carbocycles. The number of carbonyl (C=O) groups excluding carboxylic acids is 1. The highest BCUT2D eigenvalue weighted by Crippen LogP contribution is 2.22. The van der Waals surface area contributed by atoms with Crippen LogP contribution in [0.5, 0.6) is 5.75 Å². The van der Waals surface area contributed by atoms with Crippen molar-refractivity contribution < 1.29 is 13.9 Å². The van der Waals surface area contributed by atoms with Crippen LogP contribution in [0.15, 0.2) is 45.7 Å². The third kappa shape index (κ3) is 2.02. The molecule has 0 saturated carbocycles. The molecular weight excluding hydrogens is 272 g/mol. The van der Waals surface area contributed by atoms with Crippen LogP contribution in [0.1, 0.15) is 15.9 Å². The van der Waals surface area contributed by atoms with Crippen LogP contribution in [0.3, 0.4) is 0 Å². The molecule has 0 atom stereocenters. The van der Waals surface area contributed by atoms with Crippen molar-refractivity contribution in [2.75, 3.05) is 7.11 Å². The van der Waals surface area contributed by atoms with E-state index in [1.807, 2.05) is 0 Å². The van der Waals surface area contributed by atoms with Gasteiger partial charge in [-0.1, -0.05) is 0 Å². The fourth-order valence-electron chi connectivity index (χ4n) is 1.35. The molecule has 4 heteroatoms. The van der Waals surface area contributed by atoms with Crippen molar-refractivity contribution in [3.05, 3.63) is 52.4 Å². The summed E-state index contributed by atoms with van der Waals surface area (Å²) in [6.45, 7) is 0. The third-order valence-electron chi connectivity index (χ3n) is 2.21. The number of benzene rings is 1. The number of ether oxygens (including phenoxy) is 1. The molecule has 0 spiro atoms. The van der Waals surface area contributed by atoms with E-state index in [-0.39, 0.29) is 5.78 Å². The van der Waals surface area contributed by atoms with Crippen molar-refractivity contribution in [3.63, 3.8) is 0 Å². The minimum Gasteiger partial charge on any atom is -0.497 e. The molecule has 1 aromatic carbocycles. The average molecular weight is 281 g/mol. The zero-order valence-corrected chi connectivity index (χ0v) is 10.2. The molecule has 0 saturated heterocycles. The molecule has 82 valence electrons. The molecule has 0 fully saturated rings. The zero-order valence-electron chi connectivity index (χ0n) is 8.57. The van der Waals surface area contributed by atoms with Gasteiger partial charge in [-0.2, -0.15) is 0 Å². The average Bonchev–Trinajstić information content (AvgIpc) is 2.75. The second-order valence-electron chi connectivity index (χ2n) is 3.17. The quantitative estimate of drug-likeness (QED) is 0.810. The maximum atomic E-state index is 12.0. The molecule has 0 amide bonds. The van der Waals surface area contributed by atoms with Crippen molar-refractivity contribution in [1.82, 2.24) is 0 Å². The Morgan fingerprint density at radius 1 is 1.25 bits per heavy atom. The molecule has 0 radical (unpaired) electrons. The number of rotatable bonds is 3. The van der Waals surface area contributed by atoms with Crippen LogP contribution in [-0.2, 0) is 0 Å². The van der Waals surface area contributed by atoms with E-state index < -0.39 is 0 Å². The SMILES string of the molecule is COc1ccc(C(=O)c2ccoc2Br)cc1. The number of ketones is 1. The highest BCUT2D eigenvalue weighted by molar-refractivity contribution is 9.10. The molecule has 2 aromatic rings. The fraction of sp³-hybridized carbons (Fsp3) is 0.0833. The summed E-state index contributed by atoms with van der Waals surface area (Å²) in [6, 6.07) is 8.58. The van der Waals surface area contributed by atoms with Crippen LogP contribution < -0.4 is 4.74 Å². The first-order valence-electron chi connectivity index (χ1n) is 4.64. The van der Waals surface area contributed by atoms with Gasteiger partial charge in [0.05, 0.1) is 18.9 Å². The summed E-state index contributed by atoms with van der Waals surface area (Å²) in [6.07, 6.45) is 1.47. The maximum absolute atomic E-state index is 12.0. The molecule has 0 N–H and O–H groups in total. The van der Waals surface area contributed by atoms with Crippen LogP contribution >= 0.6 is 15.9 Å². The van der Waals surface area contributed by atoms with Crippen molar-refractivity contribution in [2.24, 2.45) is 0 Å². The van der Waals surface area contributed by atoms with Crippen LogP contribution in [0.25, 0.3) is 0 Å². The van der Waals surface area contributed by atoms with Gasteiger partial charge in [-0.25, -0.2) is 0 Å². The molecule has 16 heavy (non-hydrogen) atoms. The van der Waals surface area contributed by atoms with E-state index in [0.717, 1.165) is 5.75 Å². The van der Waals surface area contributed by atoms with Crippen molar-refractivity contribution in [3.8, 4) is 5.75 Å². The van der Waals surface area contributed by atoms with Gasteiger partial charge in [-0.15, -0.1) is 0 Å². The number of methoxy groups -OCH3 is 1. The molecule has 1 heterocycles. The van der Waals surface area contributed by atoms with Gasteiger partial charge in [0.1, 0.15) is 5.75 Å². The summed E-state index contributed by atoms with van der Waals surface area (Å²) in [5, 5.41) is 0. The Morgan fingerprint density at radius 2 is 1.94 bits per heavy atom. The van der Waals surface area contributed by atoms with Gasteiger partial charge in [-0.05, 0) is 46.3 Å². The Balaban J connectivity index is 2.31. The predicted octanol–water partition coefficient (Wildman–Crippen LogP) is 3.28. The lowest BCUT2D eigenvalue weighted by Crippen LogP contribution is -2.00. The largest absolute Gasteiger partial charge is 0.497 e. The van der Waals surface area contributed by atoms with Crippen LogP contribution in [0, 0.1) is 0 Å². The second kappa shape index (κ2) is 4.53. The number of hydrogen-bond acceptors (Lipinski definition) is 3. The van der Waals surface area contributed by atoms with Gasteiger partial charge in [0.15, 0.2) is 10.5 Å². The maximum Gasteiger partial charge on any atom is 0.197 e. The smallest absolute Gasteiger partial charge is 0.197 e. The predicted molar refractivity (Wildman–Crippen MR) is 62.8 cm³/mol. The lowest BCUT2D eigenvalue weighted by atomic mass is 10.1. The van der Waals surface area contributed by atoms with Gasteiger partial charge in [-0.3, -0.25) is 4.79 Å². The first-order valence-corrected chi connectivity index (χ1v) is 5.43. The summed E-state index contributed by atoms with van der Waals surface area (Å²) in [5.74, 6) is 0.645. The Labute approximate surface area is 101 Å². The molecule has 0 aliphatic heterocycles. The first kappa shape index (κ1) is 11.0. The molecule has 0 aliphatic rings. The number of hydrogen-bond donors (Lipinski definition) is 0. The van der Waals surface area contributed by atoms with Crippen LogP contribution in [0.4, 0.5) is 0 Å². The fourth-order valence-corrected chi connectivity index (χ4v) is 1.77. The third-order valence-corrected chi connectivity index (χ3v) is 2.83. The van der Waals surface area contributed by atoms with Gasteiger partial charge in [0.25, 0.3) is 0 Å². The van der Waals surface area contributed by atoms with Crippen LogP contribution in [-0.4, -0.2) is 12.9 Å². The van der Waals surface area contributed by atoms with E-state index >= 15 is 0 Å². The standard InChI is InChI=1S/C12H9BrO3/c1-15-9-4-2-8(3-5-9)11(14)10-6-7-16-12(10)13/h2-7H,1H3. The van der Waals surface area contributed by atoms with Crippen molar-refractivity contribution in [2.45, 2.75) is 0 Å². The van der Waals surface area contributed by atoms with Crippen molar-refractivity contribution >= 4 is 21.7 Å². The Kier molecular flexibility index (Phi) is 3.10. The zero-order chi connectivity index (χ0) is 11.5. The van der Waals surface area contributed by atoms with Gasteiger partial charge in [0, 0.05) is 5.56 Å². The number of halogens is 1. The Morgan fingerprint density at radius 3 is 2.44 bits per heavy atom. The summed E-state index contributed by atoms with van der Waals surface area (Å²) in [5.41, 5.74) is 1.12. The van der Waals surface area contributed by atoms with E-state index in [4.69, 9.17) is 9.15 Å². The topological polar surface area (TPSA) is 39.4 Å². The summed E-state index contributed by atoms with van der Waals surface area (Å²) >= 11 is 3.18. The van der Waals surface area contributed by atoms with Gasteiger partial charge < -0.3 is 9.15 Å². The number of furan rings is 1. The minimum atomic E-state index is -0.0803. The monoisotopic (exact) mass is 280 g/mol. The highest BCUT2D eigenvalue weighted by Gasteiger charge is 2.14. The minimum absolute atomic E-state index is 0.0803. The highest BCUT2D eigenvalue weighted by atomic mass is 79.9. The summed E-state index contributed by atoms with van der Waals surface area (Å²) in [7, 11) is 1.59. The normalized spacial score (nSPS) is 10.1.